The predicted molar refractivity (Wildman–Crippen MR) is 66.7 cm³/mol. The molecule has 0 amide bonds. The van der Waals surface area contributed by atoms with Gasteiger partial charge in [0.25, 0.3) is 0 Å². The van der Waals surface area contributed by atoms with Gasteiger partial charge in [-0.15, -0.1) is 0 Å². The van der Waals surface area contributed by atoms with Crippen molar-refractivity contribution >= 4 is 5.69 Å². The van der Waals surface area contributed by atoms with Gasteiger partial charge in [-0.1, -0.05) is 12.1 Å². The molecule has 4 saturated carbocycles. The van der Waals surface area contributed by atoms with Gasteiger partial charge in [0, 0.05) is 19.8 Å². The second-order valence-electron chi connectivity index (χ2n) is 6.15. The maximum Gasteiger partial charge on any atom is 0.0361 e. The first-order valence-corrected chi connectivity index (χ1v) is 6.53. The highest BCUT2D eigenvalue weighted by Gasteiger charge is 2.68. The Hall–Kier alpha value is -0.980. The van der Waals surface area contributed by atoms with Gasteiger partial charge in [-0.05, 0) is 60.1 Å². The van der Waals surface area contributed by atoms with E-state index >= 15 is 0 Å². The van der Waals surface area contributed by atoms with Crippen molar-refractivity contribution in [3.63, 3.8) is 0 Å². The van der Waals surface area contributed by atoms with Crippen molar-refractivity contribution < 1.29 is 0 Å². The van der Waals surface area contributed by atoms with Crippen LogP contribution in [0.3, 0.4) is 0 Å². The molecule has 4 aliphatic carbocycles. The lowest BCUT2D eigenvalue weighted by atomic mass is 9.90. The molecule has 0 radical (unpaired) electrons. The molecule has 0 N–H and O–H groups in total. The standard InChI is InChI=1S/C15H19N/c1-16(2)11-5-3-9(4-6-11)14-10-7-12-13(8-10)15(12)14/h3-6,10,12-15H,7-8H2,1-2H3/t10?,12-,13?,14+,15?/m0/s1. The van der Waals surface area contributed by atoms with Crippen molar-refractivity contribution in [2.24, 2.45) is 23.7 Å². The summed E-state index contributed by atoms with van der Waals surface area (Å²) in [6.45, 7) is 0. The molecule has 5 atom stereocenters. The summed E-state index contributed by atoms with van der Waals surface area (Å²) in [7, 11) is 4.22. The third-order valence-corrected chi connectivity index (χ3v) is 5.26. The van der Waals surface area contributed by atoms with Crippen LogP contribution in [-0.4, -0.2) is 14.1 Å². The number of nitrogens with zero attached hydrogens (tertiary/aromatic N) is 1. The Morgan fingerprint density at radius 1 is 1.00 bits per heavy atom. The molecule has 5 rings (SSSR count). The zero-order valence-corrected chi connectivity index (χ0v) is 10.1. The van der Waals surface area contributed by atoms with Crippen molar-refractivity contribution in [2.75, 3.05) is 19.0 Å². The van der Waals surface area contributed by atoms with E-state index in [1.165, 1.54) is 18.5 Å². The number of anilines is 1. The lowest BCUT2D eigenvalue weighted by Gasteiger charge is -2.17. The van der Waals surface area contributed by atoms with Gasteiger partial charge in [0.05, 0.1) is 0 Å². The highest BCUT2D eigenvalue weighted by molar-refractivity contribution is 5.47. The first-order chi connectivity index (χ1) is 7.75. The molecule has 4 bridgehead atoms. The molecule has 0 spiro atoms. The minimum absolute atomic E-state index is 0.922. The van der Waals surface area contributed by atoms with Crippen LogP contribution in [-0.2, 0) is 0 Å². The molecule has 16 heavy (non-hydrogen) atoms. The Morgan fingerprint density at radius 3 is 2.06 bits per heavy atom. The average Bonchev–Trinajstić information content (AvgIpc) is 2.74. The maximum absolute atomic E-state index is 2.37. The molecular weight excluding hydrogens is 194 g/mol. The molecule has 0 heterocycles. The van der Waals surface area contributed by atoms with Crippen LogP contribution in [0.2, 0.25) is 0 Å². The second-order valence-corrected chi connectivity index (χ2v) is 6.15. The van der Waals surface area contributed by atoms with E-state index in [1.807, 2.05) is 0 Å². The summed E-state index contributed by atoms with van der Waals surface area (Å²) in [5.74, 6) is 5.29. The number of hydrogen-bond acceptors (Lipinski definition) is 1. The first-order valence-electron chi connectivity index (χ1n) is 6.53. The van der Waals surface area contributed by atoms with Gasteiger partial charge in [-0.3, -0.25) is 0 Å². The summed E-state index contributed by atoms with van der Waals surface area (Å²) in [4.78, 5) is 2.18. The molecule has 1 aromatic rings. The number of hydrogen-bond donors (Lipinski definition) is 0. The molecular formula is C15H19N. The van der Waals surface area contributed by atoms with E-state index in [0.717, 1.165) is 29.6 Å². The summed E-state index contributed by atoms with van der Waals surface area (Å²) >= 11 is 0. The van der Waals surface area contributed by atoms with E-state index in [9.17, 15) is 0 Å². The average molecular weight is 213 g/mol. The molecule has 0 aromatic heterocycles. The minimum Gasteiger partial charge on any atom is -0.378 e. The number of benzene rings is 1. The highest BCUT2D eigenvalue weighted by Crippen LogP contribution is 2.76. The van der Waals surface area contributed by atoms with Gasteiger partial charge < -0.3 is 4.90 Å². The van der Waals surface area contributed by atoms with Crippen LogP contribution in [0.5, 0.6) is 0 Å². The van der Waals surface area contributed by atoms with Gasteiger partial charge in [0.2, 0.25) is 0 Å². The van der Waals surface area contributed by atoms with E-state index in [-0.39, 0.29) is 0 Å². The summed E-state index contributed by atoms with van der Waals surface area (Å²) in [6, 6.07) is 9.30. The van der Waals surface area contributed by atoms with Crippen molar-refractivity contribution in [1.29, 1.82) is 0 Å². The topological polar surface area (TPSA) is 3.24 Å². The van der Waals surface area contributed by atoms with Gasteiger partial charge in [-0.2, -0.15) is 0 Å². The van der Waals surface area contributed by atoms with Crippen molar-refractivity contribution in [2.45, 2.75) is 18.8 Å². The van der Waals surface area contributed by atoms with Gasteiger partial charge in [0.15, 0.2) is 0 Å². The van der Waals surface area contributed by atoms with E-state index in [0.29, 0.717) is 0 Å². The van der Waals surface area contributed by atoms with Crippen LogP contribution in [0.4, 0.5) is 5.69 Å². The van der Waals surface area contributed by atoms with Crippen LogP contribution >= 0.6 is 0 Å². The molecule has 1 heteroatoms. The van der Waals surface area contributed by atoms with Crippen LogP contribution in [0, 0.1) is 23.7 Å². The third-order valence-electron chi connectivity index (χ3n) is 5.26. The molecule has 3 unspecified atom stereocenters. The predicted octanol–water partition coefficient (Wildman–Crippen LogP) is 3.12. The smallest absolute Gasteiger partial charge is 0.0361 e. The lowest BCUT2D eigenvalue weighted by molar-refractivity contribution is 0.528. The monoisotopic (exact) mass is 213 g/mol. The third kappa shape index (κ3) is 1.02. The quantitative estimate of drug-likeness (QED) is 0.729. The molecule has 1 nitrogen and oxygen atoms in total. The fourth-order valence-electron chi connectivity index (χ4n) is 4.56. The van der Waals surface area contributed by atoms with E-state index in [2.05, 4.69) is 43.3 Å². The SMILES string of the molecule is CN(C)c1ccc([C@@H]2C3CC4C2[C@H]4C3)cc1. The van der Waals surface area contributed by atoms with Crippen LogP contribution in [0.25, 0.3) is 0 Å². The fourth-order valence-corrected chi connectivity index (χ4v) is 4.56. The van der Waals surface area contributed by atoms with Gasteiger partial charge in [0.1, 0.15) is 0 Å². The number of rotatable bonds is 2. The maximum atomic E-state index is 2.37. The molecule has 84 valence electrons. The molecule has 0 saturated heterocycles. The normalized spacial score (nSPS) is 42.5. The first kappa shape index (κ1) is 9.09. The molecule has 4 aliphatic rings. The van der Waals surface area contributed by atoms with Crippen LogP contribution in [0.1, 0.15) is 24.3 Å². The van der Waals surface area contributed by atoms with Crippen LogP contribution in [0.15, 0.2) is 24.3 Å². The van der Waals surface area contributed by atoms with E-state index in [4.69, 9.17) is 0 Å². The summed E-state index contributed by atoms with van der Waals surface area (Å²) in [5.41, 5.74) is 2.93. The Labute approximate surface area is 97.5 Å². The zero-order valence-electron chi connectivity index (χ0n) is 10.1. The van der Waals surface area contributed by atoms with E-state index in [1.54, 1.807) is 5.56 Å². The Morgan fingerprint density at radius 2 is 1.62 bits per heavy atom. The fraction of sp³-hybridized carbons (Fsp3) is 0.600. The Kier molecular flexibility index (Phi) is 1.60. The summed E-state index contributed by atoms with van der Waals surface area (Å²) < 4.78 is 0. The van der Waals surface area contributed by atoms with Gasteiger partial charge >= 0.3 is 0 Å². The van der Waals surface area contributed by atoms with Crippen molar-refractivity contribution in [1.82, 2.24) is 0 Å². The minimum atomic E-state index is 0.922. The highest BCUT2D eigenvalue weighted by atomic mass is 15.1. The Bertz CT molecular complexity index is 406. The van der Waals surface area contributed by atoms with Crippen molar-refractivity contribution in [3.05, 3.63) is 29.8 Å². The van der Waals surface area contributed by atoms with Crippen molar-refractivity contribution in [3.8, 4) is 0 Å². The van der Waals surface area contributed by atoms with Crippen LogP contribution < -0.4 is 4.90 Å². The summed E-state index contributed by atoms with van der Waals surface area (Å²) in [5, 5.41) is 0. The Balaban J connectivity index is 1.64. The molecule has 1 aromatic carbocycles. The van der Waals surface area contributed by atoms with E-state index < -0.39 is 0 Å². The molecule has 0 aliphatic heterocycles. The largest absolute Gasteiger partial charge is 0.378 e. The second kappa shape index (κ2) is 2.82. The van der Waals surface area contributed by atoms with Gasteiger partial charge in [-0.25, -0.2) is 0 Å². The zero-order chi connectivity index (χ0) is 10.9. The molecule has 4 fully saturated rings. The summed E-state index contributed by atoms with van der Waals surface area (Å²) in [6.07, 6.45) is 3.07. The lowest BCUT2D eigenvalue weighted by Crippen LogP contribution is -2.09.